The molecule has 1 saturated carbocycles. The van der Waals surface area contributed by atoms with E-state index in [1.54, 1.807) is 49.6 Å². The Morgan fingerprint density at radius 2 is 1.18 bits per heavy atom. The van der Waals surface area contributed by atoms with Crippen LogP contribution in [0.3, 0.4) is 0 Å². The van der Waals surface area contributed by atoms with Gasteiger partial charge in [-0.1, -0.05) is 0 Å². The van der Waals surface area contributed by atoms with E-state index in [2.05, 4.69) is 0 Å². The molecule has 9 heteroatoms. The van der Waals surface area contributed by atoms with Crippen molar-refractivity contribution in [2.24, 2.45) is 11.8 Å². The molecule has 0 aromatic rings. The summed E-state index contributed by atoms with van der Waals surface area (Å²) in [6.07, 6.45) is 5.18. The molecule has 0 bridgehead atoms. The van der Waals surface area contributed by atoms with Crippen LogP contribution in [-0.4, -0.2) is 106 Å². The third-order valence-electron chi connectivity index (χ3n) is 6.88. The van der Waals surface area contributed by atoms with Crippen LogP contribution in [0.2, 0.25) is 0 Å². The summed E-state index contributed by atoms with van der Waals surface area (Å²) in [7, 11) is 10.1. The molecule has 0 amide bonds. The predicted octanol–water partition coefficient (Wildman–Crippen LogP) is 2.87. The second-order valence-electron chi connectivity index (χ2n) is 8.84. The van der Waals surface area contributed by atoms with Gasteiger partial charge in [-0.05, 0) is 57.3 Å². The minimum atomic E-state index is -0.324. The quantitative estimate of drug-likeness (QED) is 0.238. The summed E-state index contributed by atoms with van der Waals surface area (Å²) in [5.41, 5.74) is 0. The van der Waals surface area contributed by atoms with E-state index in [1.165, 1.54) is 0 Å². The highest BCUT2D eigenvalue weighted by Crippen LogP contribution is 2.40. The summed E-state index contributed by atoms with van der Waals surface area (Å²) in [6.45, 7) is 3.08. The highest BCUT2D eigenvalue weighted by Gasteiger charge is 2.38. The summed E-state index contributed by atoms with van der Waals surface area (Å²) in [4.78, 5) is 12.0. The average Bonchev–Trinajstić information content (AvgIpc) is 3.23. The average molecular weight is 493 g/mol. The van der Waals surface area contributed by atoms with Crippen molar-refractivity contribution in [1.29, 1.82) is 0 Å². The molecule has 1 aliphatic rings. The maximum atomic E-state index is 12.0. The van der Waals surface area contributed by atoms with Crippen LogP contribution in [0.5, 0.6) is 0 Å². The Labute approximate surface area is 206 Å². The van der Waals surface area contributed by atoms with Gasteiger partial charge in [-0.25, -0.2) is 4.79 Å². The van der Waals surface area contributed by atoms with Crippen molar-refractivity contribution < 1.29 is 42.7 Å². The number of carbonyl (C=O) groups excluding carboxylic acids is 1. The van der Waals surface area contributed by atoms with Gasteiger partial charge in [-0.15, -0.1) is 0 Å². The van der Waals surface area contributed by atoms with E-state index in [-0.39, 0.29) is 43.1 Å². The fourth-order valence-corrected chi connectivity index (χ4v) is 5.05. The van der Waals surface area contributed by atoms with Crippen LogP contribution in [0.4, 0.5) is 0 Å². The number of carbonyl (C=O) groups is 1. The van der Waals surface area contributed by atoms with Crippen LogP contribution in [0, 0.1) is 11.8 Å². The molecule has 0 aliphatic heterocycles. The molecule has 1 aliphatic carbocycles. The summed E-state index contributed by atoms with van der Waals surface area (Å²) in [5, 5.41) is 0. The summed E-state index contributed by atoms with van der Waals surface area (Å²) < 4.78 is 44.3. The molecule has 1 rings (SSSR count). The zero-order valence-electron chi connectivity index (χ0n) is 22.3. The first-order valence-electron chi connectivity index (χ1n) is 12.4. The minimum absolute atomic E-state index is 0.0220. The Bertz CT molecular complexity index is 485. The van der Waals surface area contributed by atoms with Crippen molar-refractivity contribution in [3.63, 3.8) is 0 Å². The second kappa shape index (κ2) is 18.5. The highest BCUT2D eigenvalue weighted by molar-refractivity contribution is 5.70. The first-order chi connectivity index (χ1) is 16.5. The number of hydrogen-bond donors (Lipinski definition) is 0. The van der Waals surface area contributed by atoms with Crippen LogP contribution >= 0.6 is 0 Å². The molecule has 9 nitrogen and oxygen atoms in total. The Morgan fingerprint density at radius 3 is 1.53 bits per heavy atom. The molecule has 202 valence electrons. The predicted molar refractivity (Wildman–Crippen MR) is 128 cm³/mol. The lowest BCUT2D eigenvalue weighted by Crippen LogP contribution is -2.36. The zero-order valence-corrected chi connectivity index (χ0v) is 22.3. The van der Waals surface area contributed by atoms with Gasteiger partial charge in [-0.3, -0.25) is 0 Å². The molecule has 6 atom stereocenters. The van der Waals surface area contributed by atoms with Gasteiger partial charge in [0.25, 0.3) is 0 Å². The lowest BCUT2D eigenvalue weighted by molar-refractivity contribution is -0.152. The number of methoxy groups -OCH3 is 6. The lowest BCUT2D eigenvalue weighted by Gasteiger charge is -2.30. The molecule has 0 heterocycles. The molecule has 4 unspecified atom stereocenters. The number of esters is 1. The minimum Gasteiger partial charge on any atom is -0.464 e. The van der Waals surface area contributed by atoms with Crippen molar-refractivity contribution in [2.75, 3.05) is 69.1 Å². The van der Waals surface area contributed by atoms with Crippen LogP contribution in [0.1, 0.15) is 45.4 Å². The van der Waals surface area contributed by atoms with Crippen LogP contribution < -0.4 is 0 Å². The molecule has 0 radical (unpaired) electrons. The number of rotatable bonds is 20. The second-order valence-corrected chi connectivity index (χ2v) is 8.84. The van der Waals surface area contributed by atoms with Crippen molar-refractivity contribution in [3.05, 3.63) is 0 Å². The molecule has 0 spiro atoms. The summed E-state index contributed by atoms with van der Waals surface area (Å²) in [6, 6.07) is 0. The topological polar surface area (TPSA) is 90.9 Å². The molecule has 34 heavy (non-hydrogen) atoms. The lowest BCUT2D eigenvalue weighted by atomic mass is 9.90. The van der Waals surface area contributed by atoms with Gasteiger partial charge in [0.2, 0.25) is 0 Å². The van der Waals surface area contributed by atoms with Gasteiger partial charge in [0, 0.05) is 42.7 Å². The molecule has 0 aromatic heterocycles. The smallest absolute Gasteiger partial charge is 0.332 e. The largest absolute Gasteiger partial charge is 0.464 e. The van der Waals surface area contributed by atoms with Crippen molar-refractivity contribution in [1.82, 2.24) is 0 Å². The monoisotopic (exact) mass is 492 g/mol. The maximum absolute atomic E-state index is 12.0. The SMILES string of the molecule is CCOC(=O)COC1[C@H](CCC(OC)C(COC)OC)CC[C@H]1CCC(OC)C(COC)OC. The molecular formula is C25H48O9. The van der Waals surface area contributed by atoms with Crippen LogP contribution in [0.25, 0.3) is 0 Å². The Kier molecular flexibility index (Phi) is 16.9. The molecule has 0 saturated heterocycles. The van der Waals surface area contributed by atoms with E-state index >= 15 is 0 Å². The molecule has 1 fully saturated rings. The third-order valence-corrected chi connectivity index (χ3v) is 6.88. The van der Waals surface area contributed by atoms with Gasteiger partial charge in [-0.2, -0.15) is 0 Å². The summed E-state index contributed by atoms with van der Waals surface area (Å²) in [5.74, 6) is 0.334. The zero-order chi connectivity index (χ0) is 25.3. The normalized spacial score (nSPS) is 24.0. The van der Waals surface area contributed by atoms with E-state index in [0.29, 0.717) is 31.7 Å². The first-order valence-corrected chi connectivity index (χ1v) is 12.4. The Balaban J connectivity index is 2.81. The van der Waals surface area contributed by atoms with Crippen LogP contribution in [-0.2, 0) is 42.7 Å². The highest BCUT2D eigenvalue weighted by atomic mass is 16.6. The Morgan fingerprint density at radius 1 is 0.735 bits per heavy atom. The maximum Gasteiger partial charge on any atom is 0.332 e. The number of hydrogen-bond acceptors (Lipinski definition) is 9. The van der Waals surface area contributed by atoms with Gasteiger partial charge >= 0.3 is 5.97 Å². The van der Waals surface area contributed by atoms with Crippen molar-refractivity contribution in [2.45, 2.75) is 76.0 Å². The van der Waals surface area contributed by atoms with Crippen molar-refractivity contribution >= 4 is 5.97 Å². The van der Waals surface area contributed by atoms with Gasteiger partial charge in [0.05, 0.1) is 38.1 Å². The molecule has 0 aromatic carbocycles. The van der Waals surface area contributed by atoms with Crippen LogP contribution in [0.15, 0.2) is 0 Å². The molecule has 0 N–H and O–H groups in total. The fourth-order valence-electron chi connectivity index (χ4n) is 5.05. The van der Waals surface area contributed by atoms with Gasteiger partial charge in [0.1, 0.15) is 18.8 Å². The first kappa shape index (κ1) is 31.2. The van der Waals surface area contributed by atoms with E-state index in [1.807, 2.05) is 0 Å². The van der Waals surface area contributed by atoms with E-state index in [4.69, 9.17) is 37.9 Å². The number of ether oxygens (including phenoxy) is 8. The standard InChI is InChI=1S/C25H48O9/c1-8-33-24(26)17-34-25-18(11-13-20(29-4)22(31-6)15-27-2)9-10-19(25)12-14-21(30-5)23(32-7)16-28-3/h18-23,25H,8-17H2,1-7H3/t18-,19-,20?,21?,22?,23?,25?/m0/s1. The van der Waals surface area contributed by atoms with Gasteiger partial charge < -0.3 is 37.9 Å². The van der Waals surface area contributed by atoms with E-state index < -0.39 is 0 Å². The fraction of sp³-hybridized carbons (Fsp3) is 0.960. The van der Waals surface area contributed by atoms with E-state index in [0.717, 1.165) is 38.5 Å². The summed E-state index contributed by atoms with van der Waals surface area (Å²) >= 11 is 0. The third kappa shape index (κ3) is 10.4. The molecular weight excluding hydrogens is 444 g/mol. The van der Waals surface area contributed by atoms with Crippen molar-refractivity contribution in [3.8, 4) is 0 Å². The van der Waals surface area contributed by atoms with E-state index in [9.17, 15) is 4.79 Å². The van der Waals surface area contributed by atoms with Gasteiger partial charge in [0.15, 0.2) is 0 Å². The Hall–Kier alpha value is -0.810.